The molecule has 0 spiro atoms. The van der Waals surface area contributed by atoms with E-state index in [2.05, 4.69) is 27.0 Å². The van der Waals surface area contributed by atoms with E-state index in [4.69, 9.17) is 30.6 Å². The Hall–Kier alpha value is -1.74. The summed E-state index contributed by atoms with van der Waals surface area (Å²) >= 11 is 0. The van der Waals surface area contributed by atoms with E-state index in [1.807, 2.05) is 0 Å². The smallest absolute Gasteiger partial charge is 0.330 e. The van der Waals surface area contributed by atoms with Crippen LogP contribution in [-0.4, -0.2) is 68.0 Å². The lowest BCUT2D eigenvalue weighted by Gasteiger charge is -2.04. The maximum absolute atomic E-state index is 9.60. The second kappa shape index (κ2) is 27.3. The summed E-state index contributed by atoms with van der Waals surface area (Å²) in [4.78, 5) is 19.2. The van der Waals surface area contributed by atoms with Crippen LogP contribution in [0.3, 0.4) is 0 Å². The summed E-state index contributed by atoms with van der Waals surface area (Å²) in [6, 6.07) is 0. The van der Waals surface area contributed by atoms with Gasteiger partial charge in [-0.2, -0.15) is 0 Å². The molecule has 0 aromatic rings. The largest absolute Gasteiger partial charge is 0.478 e. The van der Waals surface area contributed by atoms with Crippen LogP contribution < -0.4 is 0 Å². The maximum atomic E-state index is 9.60. The van der Waals surface area contributed by atoms with Crippen LogP contribution in [0.4, 0.5) is 0 Å². The summed E-state index contributed by atoms with van der Waals surface area (Å²) in [5, 5.41) is 50.2. The Morgan fingerprint density at radius 2 is 0.933 bits per heavy atom. The zero-order valence-corrected chi connectivity index (χ0v) is 19.1. The van der Waals surface area contributed by atoms with E-state index >= 15 is 0 Å². The van der Waals surface area contributed by atoms with Gasteiger partial charge in [-0.05, 0) is 26.7 Å². The van der Waals surface area contributed by atoms with Crippen LogP contribution in [0.15, 0.2) is 24.3 Å². The highest BCUT2D eigenvalue weighted by molar-refractivity contribution is 5.85. The molecule has 0 bridgehead atoms. The van der Waals surface area contributed by atoms with Crippen molar-refractivity contribution in [2.45, 2.75) is 91.3 Å². The zero-order valence-electron chi connectivity index (χ0n) is 19.1. The van der Waals surface area contributed by atoms with Gasteiger partial charge in [0.05, 0.1) is 25.4 Å². The lowest BCUT2D eigenvalue weighted by molar-refractivity contribution is -0.133. The van der Waals surface area contributed by atoms with Crippen LogP contribution in [0.25, 0.3) is 0 Å². The third-order valence-corrected chi connectivity index (χ3v) is 3.43. The first-order valence-corrected chi connectivity index (χ1v) is 10.3. The number of aliphatic carboxylic acids is 2. The first-order chi connectivity index (χ1) is 13.9. The molecule has 6 N–H and O–H groups in total. The normalized spacial score (nSPS) is 11.2. The number of aliphatic hydroxyl groups excluding tert-OH is 4. The fourth-order valence-corrected chi connectivity index (χ4v) is 1.44. The number of carboxylic acids is 2. The second-order valence-corrected chi connectivity index (χ2v) is 6.84. The van der Waals surface area contributed by atoms with Gasteiger partial charge in [0.25, 0.3) is 0 Å². The van der Waals surface area contributed by atoms with Gasteiger partial charge in [0.2, 0.25) is 0 Å². The van der Waals surface area contributed by atoms with E-state index in [-0.39, 0.29) is 24.4 Å². The molecule has 0 rings (SSSR count). The zero-order chi connectivity index (χ0) is 24.5. The molecule has 0 aliphatic heterocycles. The number of hydrogen-bond acceptors (Lipinski definition) is 6. The molecule has 8 heteroatoms. The highest BCUT2D eigenvalue weighted by atomic mass is 16.4. The van der Waals surface area contributed by atoms with E-state index in [9.17, 15) is 9.59 Å². The molecule has 0 aromatic carbocycles. The SMILES string of the molecule is C=C(C)C(=O)O.C=C(C)C(=O)O.CCCCCC(O)CO.CCCCCC(O)CO. The summed E-state index contributed by atoms with van der Waals surface area (Å²) in [5.74, 6) is -1.87. The minimum Gasteiger partial charge on any atom is -0.478 e. The van der Waals surface area contributed by atoms with Crippen molar-refractivity contribution in [1.82, 2.24) is 0 Å². The Bertz CT molecular complexity index is 371. The first kappa shape index (κ1) is 35.7. The fourth-order valence-electron chi connectivity index (χ4n) is 1.44. The predicted octanol–water partition coefficient (Wildman–Crippen LogP) is 3.13. The topological polar surface area (TPSA) is 156 Å². The van der Waals surface area contributed by atoms with Crippen molar-refractivity contribution in [3.05, 3.63) is 24.3 Å². The fraction of sp³-hybridized carbons (Fsp3) is 0.727. The molecule has 0 aliphatic carbocycles. The van der Waals surface area contributed by atoms with Gasteiger partial charge >= 0.3 is 11.9 Å². The molecule has 0 amide bonds. The van der Waals surface area contributed by atoms with Crippen LogP contribution >= 0.6 is 0 Å². The van der Waals surface area contributed by atoms with Gasteiger partial charge in [0, 0.05) is 11.1 Å². The summed E-state index contributed by atoms with van der Waals surface area (Å²) in [6.07, 6.45) is 7.18. The standard InChI is InChI=1S/2C7H16O2.2C4H6O2/c2*1-2-3-4-5-7(9)6-8;2*1-3(2)4(5)6/h2*7-9H,2-6H2,1H3;2*1H2,2H3,(H,5,6). The summed E-state index contributed by atoms with van der Waals surface area (Å²) in [6.45, 7) is 13.2. The summed E-state index contributed by atoms with van der Waals surface area (Å²) < 4.78 is 0. The summed E-state index contributed by atoms with van der Waals surface area (Å²) in [7, 11) is 0. The van der Waals surface area contributed by atoms with E-state index < -0.39 is 24.1 Å². The van der Waals surface area contributed by atoms with Gasteiger partial charge in [-0.25, -0.2) is 9.59 Å². The molecule has 0 aromatic heterocycles. The van der Waals surface area contributed by atoms with Crippen molar-refractivity contribution >= 4 is 11.9 Å². The Morgan fingerprint density at radius 1 is 0.700 bits per heavy atom. The number of aliphatic hydroxyl groups is 4. The van der Waals surface area contributed by atoms with Crippen LogP contribution in [0, 0.1) is 0 Å². The van der Waals surface area contributed by atoms with Crippen LogP contribution in [0.1, 0.15) is 79.1 Å². The number of unbranched alkanes of at least 4 members (excludes halogenated alkanes) is 4. The minimum absolute atomic E-state index is 0.0935. The average molecular weight is 437 g/mol. The molecular formula is C22H44O8. The van der Waals surface area contributed by atoms with Crippen LogP contribution in [-0.2, 0) is 9.59 Å². The number of carboxylic acid groups (broad SMARTS) is 2. The van der Waals surface area contributed by atoms with Crippen molar-refractivity contribution in [3.63, 3.8) is 0 Å². The Balaban J connectivity index is -0.000000153. The molecule has 0 saturated carbocycles. The van der Waals surface area contributed by atoms with Gasteiger partial charge in [0.1, 0.15) is 0 Å². The molecular weight excluding hydrogens is 392 g/mol. The molecule has 0 saturated heterocycles. The monoisotopic (exact) mass is 436 g/mol. The molecule has 2 unspecified atom stereocenters. The van der Waals surface area contributed by atoms with Gasteiger partial charge < -0.3 is 30.6 Å². The number of rotatable bonds is 12. The van der Waals surface area contributed by atoms with Crippen molar-refractivity contribution < 1.29 is 40.2 Å². The Morgan fingerprint density at radius 3 is 1.07 bits per heavy atom. The van der Waals surface area contributed by atoms with E-state index in [0.29, 0.717) is 0 Å². The molecule has 180 valence electrons. The van der Waals surface area contributed by atoms with E-state index in [1.165, 1.54) is 13.8 Å². The Labute approximate surface area is 181 Å². The lowest BCUT2D eigenvalue weighted by Crippen LogP contribution is -2.10. The molecule has 0 radical (unpaired) electrons. The highest BCUT2D eigenvalue weighted by Crippen LogP contribution is 2.02. The van der Waals surface area contributed by atoms with Crippen molar-refractivity contribution in [1.29, 1.82) is 0 Å². The molecule has 0 aliphatic rings. The molecule has 0 heterocycles. The molecule has 0 fully saturated rings. The van der Waals surface area contributed by atoms with Crippen molar-refractivity contribution in [2.75, 3.05) is 13.2 Å². The van der Waals surface area contributed by atoms with Gasteiger partial charge in [-0.1, -0.05) is 65.5 Å². The van der Waals surface area contributed by atoms with Gasteiger partial charge in [-0.3, -0.25) is 0 Å². The number of hydrogen-bond donors (Lipinski definition) is 6. The van der Waals surface area contributed by atoms with Gasteiger partial charge in [-0.15, -0.1) is 0 Å². The average Bonchev–Trinajstić information content (AvgIpc) is 2.69. The summed E-state index contributed by atoms with van der Waals surface area (Å²) in [5.41, 5.74) is 0.352. The first-order valence-electron chi connectivity index (χ1n) is 10.3. The minimum atomic E-state index is -0.935. The lowest BCUT2D eigenvalue weighted by atomic mass is 10.1. The molecule has 2 atom stereocenters. The Kier molecular flexibility index (Phi) is 32.4. The van der Waals surface area contributed by atoms with Crippen LogP contribution in [0.2, 0.25) is 0 Å². The van der Waals surface area contributed by atoms with E-state index in [0.717, 1.165) is 51.4 Å². The highest BCUT2D eigenvalue weighted by Gasteiger charge is 1.99. The molecule has 8 nitrogen and oxygen atoms in total. The third-order valence-electron chi connectivity index (χ3n) is 3.43. The van der Waals surface area contributed by atoms with Crippen molar-refractivity contribution in [2.24, 2.45) is 0 Å². The van der Waals surface area contributed by atoms with Crippen molar-refractivity contribution in [3.8, 4) is 0 Å². The molecule has 30 heavy (non-hydrogen) atoms. The third kappa shape index (κ3) is 40.8. The van der Waals surface area contributed by atoms with Crippen LogP contribution in [0.5, 0.6) is 0 Å². The number of carbonyl (C=O) groups is 2. The van der Waals surface area contributed by atoms with Gasteiger partial charge in [0.15, 0.2) is 0 Å². The maximum Gasteiger partial charge on any atom is 0.330 e. The predicted molar refractivity (Wildman–Crippen MR) is 119 cm³/mol. The second-order valence-electron chi connectivity index (χ2n) is 6.84. The van der Waals surface area contributed by atoms with E-state index in [1.54, 1.807) is 0 Å². The quantitative estimate of drug-likeness (QED) is 0.201.